The number of methoxy groups -OCH3 is 1. The third kappa shape index (κ3) is 3.76. The Morgan fingerprint density at radius 1 is 1.50 bits per heavy atom. The lowest BCUT2D eigenvalue weighted by Crippen LogP contribution is -2.32. The summed E-state index contributed by atoms with van der Waals surface area (Å²) in [6.45, 7) is 3.18. The molecular formula is C11H17N3O4. The zero-order valence-corrected chi connectivity index (χ0v) is 10.7. The van der Waals surface area contributed by atoms with Crippen molar-refractivity contribution in [2.24, 2.45) is 5.41 Å². The SMILES string of the molecule is COC(=O)C(C)(C)COC(=O)Cn1ccc(N)n1. The van der Waals surface area contributed by atoms with Crippen molar-refractivity contribution >= 4 is 17.8 Å². The van der Waals surface area contributed by atoms with Crippen molar-refractivity contribution in [1.82, 2.24) is 9.78 Å². The van der Waals surface area contributed by atoms with E-state index in [-0.39, 0.29) is 13.2 Å². The number of rotatable bonds is 5. The highest BCUT2D eigenvalue weighted by Gasteiger charge is 2.30. The lowest BCUT2D eigenvalue weighted by atomic mass is 9.95. The van der Waals surface area contributed by atoms with Gasteiger partial charge in [-0.2, -0.15) is 5.10 Å². The molecule has 0 atom stereocenters. The molecule has 0 aromatic carbocycles. The van der Waals surface area contributed by atoms with Gasteiger partial charge in [-0.25, -0.2) is 0 Å². The predicted molar refractivity (Wildman–Crippen MR) is 63.4 cm³/mol. The molecule has 0 fully saturated rings. The lowest BCUT2D eigenvalue weighted by molar-refractivity contribution is -0.159. The van der Waals surface area contributed by atoms with Crippen LogP contribution in [0.2, 0.25) is 0 Å². The molecule has 7 heteroatoms. The number of esters is 2. The van der Waals surface area contributed by atoms with Gasteiger partial charge in [0.15, 0.2) is 0 Å². The molecule has 1 aromatic heterocycles. The first-order valence-corrected chi connectivity index (χ1v) is 5.38. The molecule has 0 aliphatic rings. The number of carbonyl (C=O) groups excluding carboxylic acids is 2. The molecule has 100 valence electrons. The van der Waals surface area contributed by atoms with E-state index in [1.807, 2.05) is 0 Å². The summed E-state index contributed by atoms with van der Waals surface area (Å²) in [6, 6.07) is 1.58. The van der Waals surface area contributed by atoms with Crippen LogP contribution in [0.4, 0.5) is 5.82 Å². The van der Waals surface area contributed by atoms with Gasteiger partial charge in [0.05, 0.1) is 12.5 Å². The van der Waals surface area contributed by atoms with E-state index in [0.717, 1.165) is 0 Å². The Balaban J connectivity index is 2.44. The van der Waals surface area contributed by atoms with Crippen molar-refractivity contribution in [2.75, 3.05) is 19.5 Å². The van der Waals surface area contributed by atoms with Crippen LogP contribution in [0.15, 0.2) is 12.3 Å². The maximum atomic E-state index is 11.5. The van der Waals surface area contributed by atoms with Crippen LogP contribution in [0.5, 0.6) is 0 Å². The standard InChI is InChI=1S/C11H17N3O4/c1-11(2,10(16)17-3)7-18-9(15)6-14-5-4-8(12)13-14/h4-5H,6-7H2,1-3H3,(H2,12,13). The smallest absolute Gasteiger partial charge is 0.327 e. The van der Waals surface area contributed by atoms with Gasteiger partial charge in [0.2, 0.25) is 0 Å². The largest absolute Gasteiger partial charge is 0.469 e. The molecule has 0 aliphatic carbocycles. The molecule has 1 aromatic rings. The highest BCUT2D eigenvalue weighted by molar-refractivity contribution is 5.76. The zero-order chi connectivity index (χ0) is 13.8. The molecule has 0 radical (unpaired) electrons. The number of aromatic nitrogens is 2. The van der Waals surface area contributed by atoms with Crippen LogP contribution in [0, 0.1) is 5.41 Å². The predicted octanol–water partition coefficient (Wildman–Crippen LogP) is 0.208. The van der Waals surface area contributed by atoms with Gasteiger partial charge in [0.1, 0.15) is 19.0 Å². The van der Waals surface area contributed by atoms with Crippen LogP contribution >= 0.6 is 0 Å². The summed E-state index contributed by atoms with van der Waals surface area (Å²) in [5.41, 5.74) is 4.54. The third-order valence-corrected chi connectivity index (χ3v) is 2.28. The Morgan fingerprint density at radius 3 is 2.67 bits per heavy atom. The number of anilines is 1. The summed E-state index contributed by atoms with van der Waals surface area (Å²) in [5.74, 6) is -0.591. The Bertz CT molecular complexity index is 439. The highest BCUT2D eigenvalue weighted by Crippen LogP contribution is 2.17. The number of hydrogen-bond donors (Lipinski definition) is 1. The van der Waals surface area contributed by atoms with E-state index in [1.54, 1.807) is 26.1 Å². The van der Waals surface area contributed by atoms with Gasteiger partial charge in [-0.1, -0.05) is 0 Å². The zero-order valence-electron chi connectivity index (χ0n) is 10.7. The minimum Gasteiger partial charge on any atom is -0.469 e. The molecule has 18 heavy (non-hydrogen) atoms. The van der Waals surface area contributed by atoms with Gasteiger partial charge in [-0.3, -0.25) is 14.3 Å². The van der Waals surface area contributed by atoms with Gasteiger partial charge in [-0.05, 0) is 19.9 Å². The molecule has 1 rings (SSSR count). The fourth-order valence-corrected chi connectivity index (χ4v) is 1.24. The molecule has 0 bridgehead atoms. The summed E-state index contributed by atoms with van der Waals surface area (Å²) < 4.78 is 11.0. The maximum Gasteiger partial charge on any atom is 0.327 e. The minimum absolute atomic E-state index is 0.0464. The van der Waals surface area contributed by atoms with Gasteiger partial charge < -0.3 is 15.2 Å². The number of hydrogen-bond acceptors (Lipinski definition) is 6. The van der Waals surface area contributed by atoms with Gasteiger partial charge >= 0.3 is 11.9 Å². The molecular weight excluding hydrogens is 238 g/mol. The van der Waals surface area contributed by atoms with Crippen molar-refractivity contribution in [3.05, 3.63) is 12.3 Å². The molecule has 0 amide bonds. The summed E-state index contributed by atoms with van der Waals surface area (Å²) in [7, 11) is 1.29. The summed E-state index contributed by atoms with van der Waals surface area (Å²) >= 11 is 0. The van der Waals surface area contributed by atoms with E-state index in [2.05, 4.69) is 9.84 Å². The minimum atomic E-state index is -0.868. The van der Waals surface area contributed by atoms with Crippen LogP contribution in [-0.4, -0.2) is 35.4 Å². The van der Waals surface area contributed by atoms with E-state index in [4.69, 9.17) is 10.5 Å². The van der Waals surface area contributed by atoms with Gasteiger partial charge in [0, 0.05) is 6.20 Å². The van der Waals surface area contributed by atoms with Crippen LogP contribution in [0.25, 0.3) is 0 Å². The van der Waals surface area contributed by atoms with E-state index < -0.39 is 17.4 Å². The summed E-state index contributed by atoms with van der Waals surface area (Å²) in [4.78, 5) is 22.9. The first-order valence-electron chi connectivity index (χ1n) is 5.38. The summed E-state index contributed by atoms with van der Waals surface area (Å²) in [5, 5.41) is 3.85. The first kappa shape index (κ1) is 14.0. The highest BCUT2D eigenvalue weighted by atomic mass is 16.5. The third-order valence-electron chi connectivity index (χ3n) is 2.28. The van der Waals surface area contributed by atoms with Crippen molar-refractivity contribution in [2.45, 2.75) is 20.4 Å². The van der Waals surface area contributed by atoms with Crippen LogP contribution in [0.3, 0.4) is 0 Å². The van der Waals surface area contributed by atoms with E-state index in [9.17, 15) is 9.59 Å². The molecule has 0 unspecified atom stereocenters. The Hall–Kier alpha value is -2.05. The van der Waals surface area contributed by atoms with E-state index in [0.29, 0.717) is 5.82 Å². The Labute approximate surface area is 105 Å². The fraction of sp³-hybridized carbons (Fsp3) is 0.545. The number of ether oxygens (including phenoxy) is 2. The normalized spacial score (nSPS) is 11.1. The van der Waals surface area contributed by atoms with Crippen molar-refractivity contribution < 1.29 is 19.1 Å². The van der Waals surface area contributed by atoms with E-state index in [1.165, 1.54) is 11.8 Å². The first-order chi connectivity index (χ1) is 8.35. The molecule has 0 saturated carbocycles. The Morgan fingerprint density at radius 2 is 2.17 bits per heavy atom. The average Bonchev–Trinajstić information content (AvgIpc) is 2.71. The van der Waals surface area contributed by atoms with Gasteiger partial charge in [-0.15, -0.1) is 0 Å². The van der Waals surface area contributed by atoms with E-state index >= 15 is 0 Å². The maximum absolute atomic E-state index is 11.5. The van der Waals surface area contributed by atoms with Crippen LogP contribution in [0.1, 0.15) is 13.8 Å². The fourth-order valence-electron chi connectivity index (χ4n) is 1.24. The average molecular weight is 255 g/mol. The molecule has 2 N–H and O–H groups in total. The Kier molecular flexibility index (Phi) is 4.30. The van der Waals surface area contributed by atoms with Crippen molar-refractivity contribution in [3.8, 4) is 0 Å². The number of nitrogens with two attached hydrogens (primary N) is 1. The van der Waals surface area contributed by atoms with Gasteiger partial charge in [0.25, 0.3) is 0 Å². The molecule has 0 saturated heterocycles. The second kappa shape index (κ2) is 5.52. The molecule has 0 aliphatic heterocycles. The number of nitrogen functional groups attached to an aromatic ring is 1. The summed E-state index contributed by atoms with van der Waals surface area (Å²) in [6.07, 6.45) is 1.57. The van der Waals surface area contributed by atoms with Crippen LogP contribution in [-0.2, 0) is 25.6 Å². The second-order valence-electron chi connectivity index (χ2n) is 4.47. The number of nitrogens with zero attached hydrogens (tertiary/aromatic N) is 2. The quantitative estimate of drug-likeness (QED) is 0.755. The lowest BCUT2D eigenvalue weighted by Gasteiger charge is -2.20. The van der Waals surface area contributed by atoms with Crippen molar-refractivity contribution in [3.63, 3.8) is 0 Å². The second-order valence-corrected chi connectivity index (χ2v) is 4.47. The topological polar surface area (TPSA) is 96.4 Å². The monoisotopic (exact) mass is 255 g/mol. The molecule has 1 heterocycles. The van der Waals surface area contributed by atoms with Crippen molar-refractivity contribution in [1.29, 1.82) is 0 Å². The van der Waals surface area contributed by atoms with Crippen LogP contribution < -0.4 is 5.73 Å². The number of carbonyl (C=O) groups is 2. The molecule has 7 nitrogen and oxygen atoms in total. The molecule has 0 spiro atoms.